The summed E-state index contributed by atoms with van der Waals surface area (Å²) in [7, 11) is 0. The predicted molar refractivity (Wildman–Crippen MR) is 97.9 cm³/mol. The highest BCUT2D eigenvalue weighted by Gasteiger charge is 2.17. The van der Waals surface area contributed by atoms with Gasteiger partial charge in [0.15, 0.2) is 0 Å². The van der Waals surface area contributed by atoms with Crippen molar-refractivity contribution in [2.24, 2.45) is 0 Å². The third-order valence-corrected chi connectivity index (χ3v) is 4.51. The van der Waals surface area contributed by atoms with Crippen molar-refractivity contribution < 1.29 is 18.7 Å². The largest absolute Gasteiger partial charge is 0.460 e. The number of amides is 1. The summed E-state index contributed by atoms with van der Waals surface area (Å²) in [4.78, 5) is 23.9. The van der Waals surface area contributed by atoms with Crippen LogP contribution < -0.4 is 5.32 Å². The lowest BCUT2D eigenvalue weighted by Gasteiger charge is -2.12. The Morgan fingerprint density at radius 2 is 1.92 bits per heavy atom. The molecule has 0 fully saturated rings. The van der Waals surface area contributed by atoms with Crippen molar-refractivity contribution in [3.63, 3.8) is 0 Å². The Labute approximate surface area is 150 Å². The molecule has 25 heavy (non-hydrogen) atoms. The van der Waals surface area contributed by atoms with E-state index in [0.29, 0.717) is 5.69 Å². The van der Waals surface area contributed by atoms with Crippen molar-refractivity contribution in [2.45, 2.75) is 25.7 Å². The van der Waals surface area contributed by atoms with Gasteiger partial charge in [-0.2, -0.15) is 0 Å². The first kappa shape index (κ1) is 19.0. The average Bonchev–Trinajstić information content (AvgIpc) is 2.59. The number of aryl methyl sites for hydroxylation is 1. The van der Waals surface area contributed by atoms with Gasteiger partial charge in [-0.15, -0.1) is 11.8 Å². The van der Waals surface area contributed by atoms with Gasteiger partial charge in [-0.3, -0.25) is 9.59 Å². The van der Waals surface area contributed by atoms with E-state index in [0.717, 1.165) is 11.1 Å². The predicted octanol–water partition coefficient (Wildman–Crippen LogP) is 3.94. The maximum Gasteiger partial charge on any atom is 0.319 e. The number of anilines is 1. The first-order valence-electron chi connectivity index (χ1n) is 7.83. The van der Waals surface area contributed by atoms with Gasteiger partial charge in [0.2, 0.25) is 5.91 Å². The molecular weight excluding hydrogens is 341 g/mol. The van der Waals surface area contributed by atoms with E-state index >= 15 is 0 Å². The highest BCUT2D eigenvalue weighted by molar-refractivity contribution is 8.01. The van der Waals surface area contributed by atoms with Crippen LogP contribution in [-0.2, 0) is 20.9 Å². The van der Waals surface area contributed by atoms with Gasteiger partial charge in [-0.05, 0) is 43.7 Å². The van der Waals surface area contributed by atoms with E-state index in [9.17, 15) is 14.0 Å². The fourth-order valence-corrected chi connectivity index (χ4v) is 2.75. The number of thioether (sulfide) groups is 1. The molecule has 0 aliphatic carbocycles. The van der Waals surface area contributed by atoms with Crippen molar-refractivity contribution in [3.05, 3.63) is 65.5 Å². The summed E-state index contributed by atoms with van der Waals surface area (Å²) in [6, 6.07) is 13.3. The molecule has 1 unspecified atom stereocenters. The van der Waals surface area contributed by atoms with Gasteiger partial charge in [-0.25, -0.2) is 4.39 Å². The van der Waals surface area contributed by atoms with Crippen molar-refractivity contribution in [1.82, 2.24) is 0 Å². The van der Waals surface area contributed by atoms with Crippen molar-refractivity contribution in [1.29, 1.82) is 0 Å². The Morgan fingerprint density at radius 3 is 2.60 bits per heavy atom. The molecule has 0 saturated heterocycles. The maximum atomic E-state index is 12.8. The summed E-state index contributed by atoms with van der Waals surface area (Å²) >= 11 is 1.19. The van der Waals surface area contributed by atoms with Crippen LogP contribution >= 0.6 is 11.8 Å². The molecule has 0 spiro atoms. The average molecular weight is 361 g/mol. The monoisotopic (exact) mass is 361 g/mol. The maximum absolute atomic E-state index is 12.8. The SMILES string of the molecule is Cc1cccc(COC(=O)C(C)SCC(=O)Nc2ccc(F)cc2)c1. The third kappa shape index (κ3) is 6.58. The number of carbonyl (C=O) groups is 2. The van der Waals surface area contributed by atoms with E-state index in [1.165, 1.54) is 36.0 Å². The molecule has 0 aliphatic rings. The summed E-state index contributed by atoms with van der Waals surface area (Å²) in [5.74, 6) is -0.869. The summed E-state index contributed by atoms with van der Waals surface area (Å²) in [5.41, 5.74) is 2.55. The Bertz CT molecular complexity index is 734. The highest BCUT2D eigenvalue weighted by Crippen LogP contribution is 2.15. The fourth-order valence-electron chi connectivity index (χ4n) is 2.07. The zero-order chi connectivity index (χ0) is 18.2. The number of hydrogen-bond donors (Lipinski definition) is 1. The summed E-state index contributed by atoms with van der Waals surface area (Å²) in [6.45, 7) is 3.89. The van der Waals surface area contributed by atoms with Crippen LogP contribution in [0.4, 0.5) is 10.1 Å². The normalized spacial score (nSPS) is 11.6. The molecule has 0 bridgehead atoms. The van der Waals surface area contributed by atoms with E-state index in [4.69, 9.17) is 4.74 Å². The number of benzene rings is 2. The van der Waals surface area contributed by atoms with Crippen LogP contribution in [0, 0.1) is 12.7 Å². The topological polar surface area (TPSA) is 55.4 Å². The zero-order valence-corrected chi connectivity index (χ0v) is 14.9. The lowest BCUT2D eigenvalue weighted by atomic mass is 10.1. The quantitative estimate of drug-likeness (QED) is 0.759. The van der Waals surface area contributed by atoms with E-state index in [2.05, 4.69) is 5.32 Å². The molecule has 0 heterocycles. The molecule has 0 radical (unpaired) electrons. The van der Waals surface area contributed by atoms with Crippen LogP contribution in [0.3, 0.4) is 0 Å². The number of esters is 1. The van der Waals surface area contributed by atoms with Crippen LogP contribution in [0.25, 0.3) is 0 Å². The van der Waals surface area contributed by atoms with Gasteiger partial charge in [-0.1, -0.05) is 29.8 Å². The first-order chi connectivity index (χ1) is 11.9. The molecule has 0 aromatic heterocycles. The smallest absolute Gasteiger partial charge is 0.319 e. The number of ether oxygens (including phenoxy) is 1. The Balaban J connectivity index is 1.73. The van der Waals surface area contributed by atoms with Gasteiger partial charge in [0.05, 0.1) is 5.75 Å². The van der Waals surface area contributed by atoms with Crippen LogP contribution in [0.15, 0.2) is 48.5 Å². The number of halogens is 1. The molecule has 2 rings (SSSR count). The van der Waals surface area contributed by atoms with Crippen LogP contribution in [0.2, 0.25) is 0 Å². The van der Waals surface area contributed by atoms with Crippen LogP contribution in [0.1, 0.15) is 18.1 Å². The minimum Gasteiger partial charge on any atom is -0.460 e. The molecule has 2 aromatic carbocycles. The van der Waals surface area contributed by atoms with Gasteiger partial charge in [0.1, 0.15) is 17.7 Å². The van der Waals surface area contributed by atoms with Crippen LogP contribution in [-0.4, -0.2) is 22.9 Å². The molecule has 1 amide bonds. The Kier molecular flexibility index (Phi) is 7.01. The molecule has 1 atom stereocenters. The van der Waals surface area contributed by atoms with Crippen LogP contribution in [0.5, 0.6) is 0 Å². The molecule has 0 saturated carbocycles. The lowest BCUT2D eigenvalue weighted by molar-refractivity contribution is -0.143. The summed E-state index contributed by atoms with van der Waals surface area (Å²) < 4.78 is 18.1. The van der Waals surface area contributed by atoms with Gasteiger partial charge in [0, 0.05) is 5.69 Å². The summed E-state index contributed by atoms with van der Waals surface area (Å²) in [5, 5.41) is 2.19. The zero-order valence-electron chi connectivity index (χ0n) is 14.1. The second-order valence-corrected chi connectivity index (χ2v) is 6.93. The minimum absolute atomic E-state index is 0.109. The van der Waals surface area contributed by atoms with Crippen molar-refractivity contribution >= 4 is 29.3 Å². The molecule has 0 aliphatic heterocycles. The molecular formula is C19H20FNO3S. The Hall–Kier alpha value is -2.34. The fraction of sp³-hybridized carbons (Fsp3) is 0.263. The van der Waals surface area contributed by atoms with Crippen molar-refractivity contribution in [2.75, 3.05) is 11.1 Å². The standard InChI is InChI=1S/C19H20FNO3S/c1-13-4-3-5-15(10-13)11-24-19(23)14(2)25-12-18(22)21-17-8-6-16(20)7-9-17/h3-10,14H,11-12H2,1-2H3,(H,21,22). The Morgan fingerprint density at radius 1 is 1.20 bits per heavy atom. The third-order valence-electron chi connectivity index (χ3n) is 3.39. The molecule has 6 heteroatoms. The number of hydrogen-bond acceptors (Lipinski definition) is 4. The highest BCUT2D eigenvalue weighted by atomic mass is 32.2. The van der Waals surface area contributed by atoms with E-state index < -0.39 is 5.25 Å². The van der Waals surface area contributed by atoms with E-state index in [1.807, 2.05) is 31.2 Å². The second kappa shape index (κ2) is 9.22. The number of rotatable bonds is 7. The van der Waals surface area contributed by atoms with E-state index in [1.54, 1.807) is 6.92 Å². The van der Waals surface area contributed by atoms with Gasteiger partial charge >= 0.3 is 5.97 Å². The summed E-state index contributed by atoms with van der Waals surface area (Å²) in [6.07, 6.45) is 0. The van der Waals surface area contributed by atoms with Crippen molar-refractivity contribution in [3.8, 4) is 0 Å². The second-order valence-electron chi connectivity index (χ2n) is 5.61. The molecule has 2 aromatic rings. The number of nitrogens with one attached hydrogen (secondary N) is 1. The lowest BCUT2D eigenvalue weighted by Crippen LogP contribution is -2.21. The van der Waals surface area contributed by atoms with Gasteiger partial charge < -0.3 is 10.1 Å². The van der Waals surface area contributed by atoms with Gasteiger partial charge in [0.25, 0.3) is 0 Å². The minimum atomic E-state index is -0.455. The number of carbonyl (C=O) groups excluding carboxylic acids is 2. The molecule has 1 N–H and O–H groups in total. The molecule has 132 valence electrons. The first-order valence-corrected chi connectivity index (χ1v) is 8.88. The molecule has 4 nitrogen and oxygen atoms in total. The van der Waals surface area contributed by atoms with E-state index in [-0.39, 0.29) is 30.1 Å².